The first-order valence-corrected chi connectivity index (χ1v) is 7.67. The second-order valence-corrected chi connectivity index (χ2v) is 5.40. The molecule has 0 aromatic heterocycles. The average molecular weight is 294 g/mol. The summed E-state index contributed by atoms with van der Waals surface area (Å²) < 4.78 is 5.68. The van der Waals surface area contributed by atoms with Gasteiger partial charge in [0, 0.05) is 6.42 Å². The van der Waals surface area contributed by atoms with Crippen molar-refractivity contribution >= 4 is 5.97 Å². The van der Waals surface area contributed by atoms with E-state index in [1.54, 1.807) is 0 Å². The van der Waals surface area contributed by atoms with E-state index in [2.05, 4.69) is 6.92 Å². The Bertz CT molecular complexity index is 391. The van der Waals surface area contributed by atoms with Crippen LogP contribution in [0.25, 0.3) is 0 Å². The fraction of sp³-hybridized carbons (Fsp3) is 0.588. The summed E-state index contributed by atoms with van der Waals surface area (Å²) in [6, 6.07) is 9.65. The molecule has 2 N–H and O–H groups in total. The number of aliphatic hydroxyl groups is 1. The monoisotopic (exact) mass is 294 g/mol. The summed E-state index contributed by atoms with van der Waals surface area (Å²) in [5.74, 6) is -0.895. The van der Waals surface area contributed by atoms with Gasteiger partial charge in [0.1, 0.15) is 0 Å². The third-order valence-electron chi connectivity index (χ3n) is 3.41. The molecular weight excluding hydrogens is 268 g/mol. The Hall–Kier alpha value is -1.39. The van der Waals surface area contributed by atoms with Gasteiger partial charge in [0.15, 0.2) is 0 Å². The summed E-state index contributed by atoms with van der Waals surface area (Å²) in [6.07, 6.45) is 3.24. The Morgan fingerprint density at radius 3 is 2.57 bits per heavy atom. The van der Waals surface area contributed by atoms with Gasteiger partial charge in [-0.15, -0.1) is 0 Å². The van der Waals surface area contributed by atoms with Crippen molar-refractivity contribution in [1.82, 2.24) is 0 Å². The van der Waals surface area contributed by atoms with Crippen molar-refractivity contribution in [3.05, 3.63) is 35.9 Å². The lowest BCUT2D eigenvalue weighted by Crippen LogP contribution is -2.24. The van der Waals surface area contributed by atoms with Gasteiger partial charge < -0.3 is 14.9 Å². The molecule has 0 saturated heterocycles. The van der Waals surface area contributed by atoms with Crippen LogP contribution in [0.4, 0.5) is 0 Å². The number of carbonyl (C=O) groups is 1. The average Bonchev–Trinajstić information content (AvgIpc) is 2.45. The van der Waals surface area contributed by atoms with E-state index in [1.807, 2.05) is 30.3 Å². The van der Waals surface area contributed by atoms with E-state index in [4.69, 9.17) is 9.84 Å². The van der Waals surface area contributed by atoms with Crippen LogP contribution in [0.1, 0.15) is 51.0 Å². The highest BCUT2D eigenvalue weighted by Crippen LogP contribution is 2.15. The lowest BCUT2D eigenvalue weighted by Gasteiger charge is -2.19. The summed E-state index contributed by atoms with van der Waals surface area (Å²) in [5.41, 5.74) is 1.01. The van der Waals surface area contributed by atoms with Crippen LogP contribution in [0.5, 0.6) is 0 Å². The minimum Gasteiger partial charge on any atom is -0.481 e. The third-order valence-corrected chi connectivity index (χ3v) is 3.41. The largest absolute Gasteiger partial charge is 0.481 e. The highest BCUT2D eigenvalue weighted by Gasteiger charge is 2.18. The Morgan fingerprint density at radius 2 is 1.95 bits per heavy atom. The first kappa shape index (κ1) is 17.7. The van der Waals surface area contributed by atoms with E-state index >= 15 is 0 Å². The van der Waals surface area contributed by atoms with Crippen molar-refractivity contribution in [1.29, 1.82) is 0 Å². The van der Waals surface area contributed by atoms with E-state index in [0.29, 0.717) is 19.4 Å². The van der Waals surface area contributed by atoms with Crippen LogP contribution in [-0.4, -0.2) is 28.4 Å². The Kier molecular flexibility index (Phi) is 8.71. The maximum Gasteiger partial charge on any atom is 0.305 e. The molecule has 0 aliphatic carbocycles. The SMILES string of the molecule is CCCCC[C@@H](O)C[C@H](CC(=O)O)OCc1ccccc1. The molecule has 4 nitrogen and oxygen atoms in total. The van der Waals surface area contributed by atoms with Crippen molar-refractivity contribution in [2.24, 2.45) is 0 Å². The van der Waals surface area contributed by atoms with E-state index < -0.39 is 18.2 Å². The van der Waals surface area contributed by atoms with Gasteiger partial charge in [-0.25, -0.2) is 0 Å². The van der Waals surface area contributed by atoms with Gasteiger partial charge in [-0.05, 0) is 12.0 Å². The predicted molar refractivity (Wildman–Crippen MR) is 82.0 cm³/mol. The maximum atomic E-state index is 10.9. The van der Waals surface area contributed by atoms with E-state index in [1.165, 1.54) is 0 Å². The standard InChI is InChI=1S/C17H26O4/c1-2-3-5-10-15(18)11-16(12-17(19)20)21-13-14-8-6-4-7-9-14/h4,6-9,15-16,18H,2-3,5,10-13H2,1H3,(H,19,20)/t15-,16-/m1/s1. The first-order valence-electron chi connectivity index (χ1n) is 7.67. The lowest BCUT2D eigenvalue weighted by atomic mass is 10.0. The van der Waals surface area contributed by atoms with Gasteiger partial charge in [0.2, 0.25) is 0 Å². The molecule has 0 bridgehead atoms. The van der Waals surface area contributed by atoms with E-state index in [-0.39, 0.29) is 6.42 Å². The fourth-order valence-electron chi connectivity index (χ4n) is 2.24. The molecule has 118 valence electrons. The normalized spacial score (nSPS) is 13.8. The summed E-state index contributed by atoms with van der Waals surface area (Å²) in [7, 11) is 0. The summed E-state index contributed by atoms with van der Waals surface area (Å²) in [5, 5.41) is 18.9. The van der Waals surface area contributed by atoms with Crippen LogP contribution in [0.3, 0.4) is 0 Å². The molecule has 2 atom stereocenters. The molecule has 0 unspecified atom stereocenters. The molecule has 0 heterocycles. The van der Waals surface area contributed by atoms with Gasteiger partial charge in [0.05, 0.1) is 25.2 Å². The Morgan fingerprint density at radius 1 is 1.24 bits per heavy atom. The van der Waals surface area contributed by atoms with Crippen LogP contribution in [0, 0.1) is 0 Å². The number of ether oxygens (including phenoxy) is 1. The van der Waals surface area contributed by atoms with Crippen molar-refractivity contribution < 1.29 is 19.7 Å². The second-order valence-electron chi connectivity index (χ2n) is 5.40. The molecule has 4 heteroatoms. The summed E-state index contributed by atoms with van der Waals surface area (Å²) in [6.45, 7) is 2.49. The van der Waals surface area contributed by atoms with Crippen molar-refractivity contribution in [3.8, 4) is 0 Å². The lowest BCUT2D eigenvalue weighted by molar-refractivity contribution is -0.141. The van der Waals surface area contributed by atoms with Crippen LogP contribution in [0.2, 0.25) is 0 Å². The van der Waals surface area contributed by atoms with Crippen LogP contribution >= 0.6 is 0 Å². The zero-order chi connectivity index (χ0) is 15.5. The smallest absolute Gasteiger partial charge is 0.305 e. The number of rotatable bonds is 11. The van der Waals surface area contributed by atoms with Crippen LogP contribution in [0.15, 0.2) is 30.3 Å². The molecule has 0 amide bonds. The van der Waals surface area contributed by atoms with E-state index in [0.717, 1.165) is 24.8 Å². The highest BCUT2D eigenvalue weighted by atomic mass is 16.5. The molecule has 1 aromatic carbocycles. The molecule has 0 aliphatic heterocycles. The van der Waals surface area contributed by atoms with Gasteiger partial charge in [-0.3, -0.25) is 4.79 Å². The van der Waals surface area contributed by atoms with Gasteiger partial charge in [-0.2, -0.15) is 0 Å². The minimum atomic E-state index is -0.895. The Balaban J connectivity index is 2.41. The van der Waals surface area contributed by atoms with E-state index in [9.17, 15) is 9.90 Å². The topological polar surface area (TPSA) is 66.8 Å². The number of hydrogen-bond donors (Lipinski definition) is 2. The number of unbranched alkanes of at least 4 members (excludes halogenated alkanes) is 2. The summed E-state index contributed by atoms with van der Waals surface area (Å²) >= 11 is 0. The molecule has 0 aliphatic rings. The molecule has 1 aromatic rings. The fourth-order valence-corrected chi connectivity index (χ4v) is 2.24. The molecule has 0 saturated carbocycles. The molecule has 21 heavy (non-hydrogen) atoms. The minimum absolute atomic E-state index is 0.0718. The van der Waals surface area contributed by atoms with Crippen LogP contribution < -0.4 is 0 Å². The molecule has 0 radical (unpaired) electrons. The quantitative estimate of drug-likeness (QED) is 0.614. The van der Waals surface area contributed by atoms with Gasteiger partial charge in [0.25, 0.3) is 0 Å². The number of carboxylic acid groups (broad SMARTS) is 1. The number of hydrogen-bond acceptors (Lipinski definition) is 3. The predicted octanol–water partition coefficient (Wildman–Crippen LogP) is 3.38. The summed E-state index contributed by atoms with van der Waals surface area (Å²) in [4.78, 5) is 10.9. The van der Waals surface area contributed by atoms with Crippen molar-refractivity contribution in [2.45, 2.75) is 64.3 Å². The molecular formula is C17H26O4. The van der Waals surface area contributed by atoms with Crippen LogP contribution in [-0.2, 0) is 16.1 Å². The first-order chi connectivity index (χ1) is 10.1. The molecule has 0 fully saturated rings. The van der Waals surface area contributed by atoms with Crippen molar-refractivity contribution in [3.63, 3.8) is 0 Å². The highest BCUT2D eigenvalue weighted by molar-refractivity contribution is 5.67. The van der Waals surface area contributed by atoms with Crippen molar-refractivity contribution in [2.75, 3.05) is 0 Å². The number of aliphatic hydroxyl groups excluding tert-OH is 1. The van der Waals surface area contributed by atoms with Gasteiger partial charge in [-0.1, -0.05) is 56.5 Å². The number of benzene rings is 1. The zero-order valence-corrected chi connectivity index (χ0v) is 12.7. The zero-order valence-electron chi connectivity index (χ0n) is 12.7. The molecule has 0 spiro atoms. The molecule has 1 rings (SSSR count). The van der Waals surface area contributed by atoms with Gasteiger partial charge >= 0.3 is 5.97 Å². The number of carboxylic acids is 1. The third kappa shape index (κ3) is 8.48. The Labute approximate surface area is 126 Å². The maximum absolute atomic E-state index is 10.9. The number of aliphatic carboxylic acids is 1. The second kappa shape index (κ2) is 10.4.